The van der Waals surface area contributed by atoms with Crippen LogP contribution in [0.15, 0.2) is 59.5 Å². The van der Waals surface area contributed by atoms with Crippen molar-refractivity contribution in [2.24, 2.45) is 0 Å². The molecule has 0 atom stereocenters. The van der Waals surface area contributed by atoms with Crippen molar-refractivity contribution in [1.29, 1.82) is 0 Å². The van der Waals surface area contributed by atoms with Gasteiger partial charge in [0.25, 0.3) is 0 Å². The molecule has 0 aliphatic heterocycles. The van der Waals surface area contributed by atoms with Crippen LogP contribution in [0.5, 0.6) is 0 Å². The number of carboxylic acid groups (broad SMARTS) is 1. The fourth-order valence-electron chi connectivity index (χ4n) is 1.62. The van der Waals surface area contributed by atoms with Gasteiger partial charge in [0, 0.05) is 0 Å². The summed E-state index contributed by atoms with van der Waals surface area (Å²) in [6.07, 6.45) is 1.53. The Morgan fingerprint density at radius 3 is 2.06 bits per heavy atom. The van der Waals surface area contributed by atoms with E-state index in [0.717, 1.165) is 16.7 Å². The van der Waals surface area contributed by atoms with Gasteiger partial charge >= 0.3 is 5.97 Å². The van der Waals surface area contributed by atoms with E-state index >= 15 is 0 Å². The van der Waals surface area contributed by atoms with Crippen LogP contribution in [-0.2, 0) is 4.79 Å². The second-order valence-electron chi connectivity index (χ2n) is 3.82. The summed E-state index contributed by atoms with van der Waals surface area (Å²) in [5, 5.41) is 8.73. The van der Waals surface area contributed by atoms with E-state index in [9.17, 15) is 4.79 Å². The summed E-state index contributed by atoms with van der Waals surface area (Å²) >= 11 is 3.89. The van der Waals surface area contributed by atoms with Crippen LogP contribution in [0.25, 0.3) is 17.2 Å². The van der Waals surface area contributed by atoms with Gasteiger partial charge < -0.3 is 5.11 Å². The zero-order valence-electron chi connectivity index (χ0n) is 9.58. The van der Waals surface area contributed by atoms with E-state index in [1.54, 1.807) is 0 Å². The van der Waals surface area contributed by atoms with E-state index in [1.807, 2.05) is 54.6 Å². The molecule has 0 fully saturated rings. The van der Waals surface area contributed by atoms with Gasteiger partial charge in [-0.2, -0.15) is 0 Å². The molecule has 2 rings (SSSR count). The lowest BCUT2D eigenvalue weighted by atomic mass is 10.0. The first-order chi connectivity index (χ1) is 8.66. The molecule has 0 heterocycles. The van der Waals surface area contributed by atoms with Crippen molar-refractivity contribution in [3.8, 4) is 11.1 Å². The normalized spacial score (nSPS) is 11.3. The maximum Gasteiger partial charge on any atom is 0.341 e. The standard InChI is InChI=1S/C15H12O2S/c16-15(17)14(18)10-11-6-8-13(9-7-11)12-4-2-1-3-5-12/h1-10,18H,(H,16,17)/b14-10-. The molecule has 0 bridgehead atoms. The molecule has 0 aromatic heterocycles. The fourth-order valence-corrected chi connectivity index (χ4v) is 1.77. The lowest BCUT2D eigenvalue weighted by Gasteiger charge is -2.02. The van der Waals surface area contributed by atoms with Crippen LogP contribution < -0.4 is 0 Å². The molecule has 1 N–H and O–H groups in total. The van der Waals surface area contributed by atoms with E-state index in [2.05, 4.69) is 12.6 Å². The molecule has 90 valence electrons. The highest BCUT2D eigenvalue weighted by Crippen LogP contribution is 2.20. The molecule has 2 aromatic carbocycles. The van der Waals surface area contributed by atoms with Crippen molar-refractivity contribution < 1.29 is 9.90 Å². The number of hydrogen-bond donors (Lipinski definition) is 2. The van der Waals surface area contributed by atoms with Crippen LogP contribution in [0.4, 0.5) is 0 Å². The molecular weight excluding hydrogens is 244 g/mol. The molecule has 0 saturated carbocycles. The minimum atomic E-state index is -1.02. The number of aliphatic carboxylic acids is 1. The highest BCUT2D eigenvalue weighted by atomic mass is 32.1. The van der Waals surface area contributed by atoms with Crippen LogP contribution in [0, 0.1) is 0 Å². The lowest BCUT2D eigenvalue weighted by Crippen LogP contribution is -1.93. The Morgan fingerprint density at radius 1 is 0.944 bits per heavy atom. The van der Waals surface area contributed by atoms with Gasteiger partial charge in [0.2, 0.25) is 0 Å². The van der Waals surface area contributed by atoms with E-state index in [0.29, 0.717) is 0 Å². The summed E-state index contributed by atoms with van der Waals surface area (Å²) in [6, 6.07) is 17.7. The highest BCUT2D eigenvalue weighted by Gasteiger charge is 2.01. The zero-order chi connectivity index (χ0) is 13.0. The molecule has 0 spiro atoms. The first-order valence-electron chi connectivity index (χ1n) is 5.46. The smallest absolute Gasteiger partial charge is 0.341 e. The summed E-state index contributed by atoms with van der Waals surface area (Å²) in [4.78, 5) is 10.7. The summed E-state index contributed by atoms with van der Waals surface area (Å²) < 4.78 is 0. The molecule has 2 aromatic rings. The van der Waals surface area contributed by atoms with Gasteiger partial charge in [0.15, 0.2) is 0 Å². The Morgan fingerprint density at radius 2 is 1.50 bits per heavy atom. The number of benzene rings is 2. The number of hydrogen-bond acceptors (Lipinski definition) is 2. The van der Waals surface area contributed by atoms with E-state index in [4.69, 9.17) is 5.11 Å². The minimum absolute atomic E-state index is 0.0301. The first-order valence-corrected chi connectivity index (χ1v) is 5.91. The molecule has 2 nitrogen and oxygen atoms in total. The molecule has 0 aliphatic carbocycles. The molecule has 0 aliphatic rings. The zero-order valence-corrected chi connectivity index (χ0v) is 10.5. The third-order valence-electron chi connectivity index (χ3n) is 2.54. The molecule has 0 saturated heterocycles. The predicted molar refractivity (Wildman–Crippen MR) is 76.5 cm³/mol. The molecule has 0 amide bonds. The number of carboxylic acids is 1. The molecule has 3 heteroatoms. The van der Waals surface area contributed by atoms with Gasteiger partial charge in [0.1, 0.15) is 0 Å². The monoisotopic (exact) mass is 256 g/mol. The number of rotatable bonds is 3. The SMILES string of the molecule is O=C(O)/C(S)=C/c1ccc(-c2ccccc2)cc1. The Kier molecular flexibility index (Phi) is 3.85. The van der Waals surface area contributed by atoms with Gasteiger partial charge in [-0.1, -0.05) is 54.6 Å². The van der Waals surface area contributed by atoms with Crippen molar-refractivity contribution in [2.45, 2.75) is 0 Å². The second-order valence-corrected chi connectivity index (χ2v) is 4.30. The van der Waals surface area contributed by atoms with Crippen LogP contribution in [0.1, 0.15) is 5.56 Å². The van der Waals surface area contributed by atoms with Gasteiger partial charge in [-0.3, -0.25) is 0 Å². The van der Waals surface area contributed by atoms with Crippen LogP contribution in [-0.4, -0.2) is 11.1 Å². The Bertz CT molecular complexity index is 571. The maximum absolute atomic E-state index is 10.6. The maximum atomic E-state index is 10.6. The Labute approximate surface area is 111 Å². The average Bonchev–Trinajstić information content (AvgIpc) is 2.40. The van der Waals surface area contributed by atoms with Crippen molar-refractivity contribution >= 4 is 24.7 Å². The van der Waals surface area contributed by atoms with Crippen LogP contribution >= 0.6 is 12.6 Å². The average molecular weight is 256 g/mol. The summed E-state index contributed by atoms with van der Waals surface area (Å²) in [7, 11) is 0. The quantitative estimate of drug-likeness (QED) is 0.649. The number of carbonyl (C=O) groups is 1. The fraction of sp³-hybridized carbons (Fsp3) is 0. The van der Waals surface area contributed by atoms with Crippen molar-refractivity contribution in [3.63, 3.8) is 0 Å². The largest absolute Gasteiger partial charge is 0.477 e. The predicted octanol–water partition coefficient (Wildman–Crippen LogP) is 3.71. The lowest BCUT2D eigenvalue weighted by molar-refractivity contribution is -0.131. The minimum Gasteiger partial charge on any atom is -0.477 e. The van der Waals surface area contributed by atoms with Gasteiger partial charge in [-0.15, -0.1) is 12.6 Å². The van der Waals surface area contributed by atoms with Crippen molar-refractivity contribution in [3.05, 3.63) is 65.1 Å². The van der Waals surface area contributed by atoms with Gasteiger partial charge in [0.05, 0.1) is 4.91 Å². The van der Waals surface area contributed by atoms with E-state index in [1.165, 1.54) is 6.08 Å². The van der Waals surface area contributed by atoms with Gasteiger partial charge in [-0.25, -0.2) is 4.79 Å². The van der Waals surface area contributed by atoms with Crippen molar-refractivity contribution in [2.75, 3.05) is 0 Å². The molecule has 0 unspecified atom stereocenters. The third-order valence-corrected chi connectivity index (χ3v) is 2.86. The summed E-state index contributed by atoms with van der Waals surface area (Å²) in [6.45, 7) is 0. The Balaban J connectivity index is 2.26. The van der Waals surface area contributed by atoms with E-state index < -0.39 is 5.97 Å². The van der Waals surface area contributed by atoms with E-state index in [-0.39, 0.29) is 4.91 Å². The molecule has 18 heavy (non-hydrogen) atoms. The van der Waals surface area contributed by atoms with Crippen LogP contribution in [0.2, 0.25) is 0 Å². The topological polar surface area (TPSA) is 37.3 Å². The highest BCUT2D eigenvalue weighted by molar-refractivity contribution is 7.85. The third kappa shape index (κ3) is 3.02. The summed E-state index contributed by atoms with van der Waals surface area (Å²) in [5.41, 5.74) is 3.06. The van der Waals surface area contributed by atoms with Gasteiger partial charge in [-0.05, 0) is 22.8 Å². The summed E-state index contributed by atoms with van der Waals surface area (Å²) in [5.74, 6) is -1.02. The number of thiol groups is 1. The van der Waals surface area contributed by atoms with Crippen molar-refractivity contribution in [1.82, 2.24) is 0 Å². The molecule has 0 radical (unpaired) electrons. The Hall–Kier alpha value is -2.00. The first kappa shape index (κ1) is 12.5. The molecular formula is C15H12O2S. The van der Waals surface area contributed by atoms with Crippen LogP contribution in [0.3, 0.4) is 0 Å². The second kappa shape index (κ2) is 5.56.